The lowest BCUT2D eigenvalue weighted by Crippen LogP contribution is -2.24. The first kappa shape index (κ1) is 15.9. The van der Waals surface area contributed by atoms with E-state index in [1.807, 2.05) is 0 Å². The van der Waals surface area contributed by atoms with Crippen molar-refractivity contribution in [2.75, 3.05) is 6.54 Å². The molecule has 0 aromatic heterocycles. The first-order valence-electron chi connectivity index (χ1n) is 6.01. The third kappa shape index (κ3) is 4.76. The van der Waals surface area contributed by atoms with Crippen LogP contribution in [0.1, 0.15) is 5.56 Å². The zero-order valence-electron chi connectivity index (χ0n) is 11.2. The highest BCUT2D eigenvalue weighted by Gasteiger charge is 2.09. The zero-order chi connectivity index (χ0) is 15.7. The molecule has 0 unspecified atom stereocenters. The van der Waals surface area contributed by atoms with Crippen LogP contribution < -0.4 is 5.32 Å². The number of rotatable bonds is 6. The van der Waals surface area contributed by atoms with E-state index in [-0.39, 0.29) is 17.8 Å². The molecule has 0 heterocycles. The number of nitrogens with zero attached hydrogens (tertiary/aromatic N) is 2. The Balaban J connectivity index is 2.92. The Labute approximate surface area is 121 Å². The molecule has 0 aliphatic carbocycles. The lowest BCUT2D eigenvalue weighted by Gasteiger charge is -1.98. The molecule has 0 saturated carbocycles. The predicted octanol–water partition coefficient (Wildman–Crippen LogP) is 2.36. The molecule has 21 heavy (non-hydrogen) atoms. The van der Waals surface area contributed by atoms with E-state index in [2.05, 4.69) is 11.9 Å². The smallest absolute Gasteiger partial charge is 0.276 e. The zero-order valence-corrected chi connectivity index (χ0v) is 11.2. The number of carbonyl (C=O) groups excluding carboxylic acids is 1. The van der Waals surface area contributed by atoms with Crippen LogP contribution in [0.15, 0.2) is 54.6 Å². The highest BCUT2D eigenvalue weighted by molar-refractivity contribution is 5.97. The van der Waals surface area contributed by atoms with Gasteiger partial charge in [-0.15, -0.1) is 6.58 Å². The van der Waals surface area contributed by atoms with Gasteiger partial charge in [-0.2, -0.15) is 5.26 Å². The van der Waals surface area contributed by atoms with Crippen LogP contribution in [0.4, 0.5) is 5.69 Å². The summed E-state index contributed by atoms with van der Waals surface area (Å²) in [5.41, 5.74) is 0.256. The van der Waals surface area contributed by atoms with Gasteiger partial charge >= 0.3 is 0 Å². The summed E-state index contributed by atoms with van der Waals surface area (Å²) in [4.78, 5) is 21.9. The van der Waals surface area contributed by atoms with Gasteiger partial charge in [-0.3, -0.25) is 14.9 Å². The number of allylic oxidation sites excluding steroid dienone is 2. The molecule has 0 saturated heterocycles. The molecule has 1 amide bonds. The average molecular weight is 283 g/mol. The highest BCUT2D eigenvalue weighted by atomic mass is 16.6. The standard InChI is InChI=1S/C15H13N3O3/c1-2-10-17-15(19)13(11-16)8-5-7-12-6-3-4-9-14(12)18(20)21/h2-9H,1,10H2,(H,17,19). The molecule has 0 spiro atoms. The summed E-state index contributed by atoms with van der Waals surface area (Å²) in [6, 6.07) is 7.95. The molecular formula is C15H13N3O3. The van der Waals surface area contributed by atoms with Crippen LogP contribution in [0.2, 0.25) is 0 Å². The Morgan fingerprint density at radius 2 is 2.19 bits per heavy atom. The minimum absolute atomic E-state index is 0.0447. The van der Waals surface area contributed by atoms with Crippen LogP contribution in [0.3, 0.4) is 0 Å². The van der Waals surface area contributed by atoms with Crippen molar-refractivity contribution in [1.29, 1.82) is 5.26 Å². The summed E-state index contributed by atoms with van der Waals surface area (Å²) < 4.78 is 0. The molecule has 0 radical (unpaired) electrons. The second kappa shape index (κ2) is 8.07. The van der Waals surface area contributed by atoms with Gasteiger partial charge in [-0.05, 0) is 18.2 Å². The average Bonchev–Trinajstić information content (AvgIpc) is 2.49. The Morgan fingerprint density at radius 1 is 1.48 bits per heavy atom. The number of hydrogen-bond donors (Lipinski definition) is 1. The fraction of sp³-hybridized carbons (Fsp3) is 0.0667. The van der Waals surface area contributed by atoms with Crippen molar-refractivity contribution < 1.29 is 9.72 Å². The quantitative estimate of drug-likeness (QED) is 0.216. The normalized spacial score (nSPS) is 10.9. The van der Waals surface area contributed by atoms with Crippen LogP contribution in [0.25, 0.3) is 6.08 Å². The van der Waals surface area contributed by atoms with Gasteiger partial charge in [-0.1, -0.05) is 24.3 Å². The van der Waals surface area contributed by atoms with Gasteiger partial charge in [0.25, 0.3) is 11.6 Å². The van der Waals surface area contributed by atoms with E-state index in [0.29, 0.717) is 5.56 Å². The summed E-state index contributed by atoms with van der Waals surface area (Å²) in [7, 11) is 0. The van der Waals surface area contributed by atoms with Crippen LogP contribution in [-0.4, -0.2) is 17.4 Å². The Morgan fingerprint density at radius 3 is 2.81 bits per heavy atom. The molecule has 0 bridgehead atoms. The summed E-state index contributed by atoms with van der Waals surface area (Å²) in [6.45, 7) is 3.71. The molecule has 0 atom stereocenters. The van der Waals surface area contributed by atoms with E-state index in [1.54, 1.807) is 24.3 Å². The van der Waals surface area contributed by atoms with Gasteiger partial charge in [0.05, 0.1) is 10.5 Å². The number of nitrogens with one attached hydrogen (secondary N) is 1. The fourth-order valence-electron chi connectivity index (χ4n) is 1.47. The van der Waals surface area contributed by atoms with Gasteiger partial charge in [0.1, 0.15) is 11.6 Å². The molecule has 6 heteroatoms. The number of para-hydroxylation sites is 1. The van der Waals surface area contributed by atoms with Crippen molar-refractivity contribution >= 4 is 17.7 Å². The number of amides is 1. The molecule has 0 fully saturated rings. The van der Waals surface area contributed by atoms with E-state index in [4.69, 9.17) is 5.26 Å². The van der Waals surface area contributed by atoms with Crippen LogP contribution in [-0.2, 0) is 4.79 Å². The number of nitro benzene ring substituents is 1. The van der Waals surface area contributed by atoms with Gasteiger partial charge in [0, 0.05) is 12.6 Å². The number of benzene rings is 1. The number of hydrogen-bond acceptors (Lipinski definition) is 4. The lowest BCUT2D eigenvalue weighted by molar-refractivity contribution is -0.385. The van der Waals surface area contributed by atoms with E-state index < -0.39 is 10.8 Å². The first-order chi connectivity index (χ1) is 10.1. The summed E-state index contributed by atoms with van der Waals surface area (Å²) >= 11 is 0. The van der Waals surface area contributed by atoms with Gasteiger partial charge in [0.2, 0.25) is 0 Å². The van der Waals surface area contributed by atoms with Gasteiger partial charge in [-0.25, -0.2) is 0 Å². The Kier molecular flexibility index (Phi) is 6.09. The Hall–Kier alpha value is -3.20. The van der Waals surface area contributed by atoms with Crippen LogP contribution in [0, 0.1) is 21.4 Å². The third-order valence-corrected chi connectivity index (χ3v) is 2.44. The van der Waals surface area contributed by atoms with Crippen molar-refractivity contribution in [3.05, 3.63) is 70.3 Å². The topological polar surface area (TPSA) is 96.0 Å². The van der Waals surface area contributed by atoms with Crippen molar-refractivity contribution in [2.24, 2.45) is 0 Å². The van der Waals surface area contributed by atoms with Gasteiger partial charge < -0.3 is 5.32 Å². The number of nitro groups is 1. The monoisotopic (exact) mass is 283 g/mol. The Bertz CT molecular complexity index is 654. The van der Waals surface area contributed by atoms with E-state index in [9.17, 15) is 14.9 Å². The molecule has 0 aliphatic rings. The molecule has 0 aliphatic heterocycles. The number of nitriles is 1. The SMILES string of the molecule is C=CCNC(=O)C(C#N)=CC=Cc1ccccc1[N+](=O)[O-]. The van der Waals surface area contributed by atoms with Crippen LogP contribution in [0.5, 0.6) is 0 Å². The maximum Gasteiger partial charge on any atom is 0.276 e. The molecular weight excluding hydrogens is 270 g/mol. The summed E-state index contributed by atoms with van der Waals surface area (Å²) in [6.07, 6.45) is 5.69. The summed E-state index contributed by atoms with van der Waals surface area (Å²) in [5, 5.41) is 22.2. The molecule has 1 aromatic rings. The maximum atomic E-state index is 11.6. The molecule has 106 valence electrons. The molecule has 1 rings (SSSR count). The van der Waals surface area contributed by atoms with E-state index in [0.717, 1.165) is 0 Å². The van der Waals surface area contributed by atoms with Crippen molar-refractivity contribution in [3.63, 3.8) is 0 Å². The predicted molar refractivity (Wildman–Crippen MR) is 79.0 cm³/mol. The summed E-state index contributed by atoms with van der Waals surface area (Å²) in [5.74, 6) is -0.524. The second-order valence-electron chi connectivity index (χ2n) is 3.87. The fourth-order valence-corrected chi connectivity index (χ4v) is 1.47. The largest absolute Gasteiger partial charge is 0.348 e. The maximum absolute atomic E-state index is 11.6. The minimum atomic E-state index is -0.524. The second-order valence-corrected chi connectivity index (χ2v) is 3.87. The first-order valence-corrected chi connectivity index (χ1v) is 6.01. The van der Waals surface area contributed by atoms with Crippen molar-refractivity contribution in [2.45, 2.75) is 0 Å². The van der Waals surface area contributed by atoms with E-state index in [1.165, 1.54) is 30.4 Å². The minimum Gasteiger partial charge on any atom is -0.348 e. The van der Waals surface area contributed by atoms with Crippen molar-refractivity contribution in [1.82, 2.24) is 5.32 Å². The van der Waals surface area contributed by atoms with Crippen molar-refractivity contribution in [3.8, 4) is 6.07 Å². The highest BCUT2D eigenvalue weighted by Crippen LogP contribution is 2.18. The van der Waals surface area contributed by atoms with Gasteiger partial charge in [0.15, 0.2) is 0 Å². The molecule has 1 aromatic carbocycles. The number of carbonyl (C=O) groups is 1. The molecule has 1 N–H and O–H groups in total. The molecule has 6 nitrogen and oxygen atoms in total. The van der Waals surface area contributed by atoms with E-state index >= 15 is 0 Å². The third-order valence-electron chi connectivity index (χ3n) is 2.44. The van der Waals surface area contributed by atoms with Crippen LogP contribution >= 0.6 is 0 Å². The lowest BCUT2D eigenvalue weighted by atomic mass is 10.1.